The van der Waals surface area contributed by atoms with Gasteiger partial charge in [-0.05, 0) is 52.4 Å². The lowest BCUT2D eigenvalue weighted by atomic mass is 10.0. The highest BCUT2D eigenvalue weighted by atomic mass is 16.5. The van der Waals surface area contributed by atoms with Crippen molar-refractivity contribution >= 4 is 5.69 Å². The van der Waals surface area contributed by atoms with Gasteiger partial charge in [-0.2, -0.15) is 0 Å². The zero-order valence-electron chi connectivity index (χ0n) is 20.7. The molecule has 188 valence electrons. The van der Waals surface area contributed by atoms with Gasteiger partial charge in [-0.25, -0.2) is 4.68 Å². The zero-order chi connectivity index (χ0) is 24.9. The maximum Gasteiger partial charge on any atom is 0.203 e. The first-order valence-corrected chi connectivity index (χ1v) is 11.8. The first-order valence-electron chi connectivity index (χ1n) is 11.8. The summed E-state index contributed by atoms with van der Waals surface area (Å²) in [5, 5.41) is 12.8. The first kappa shape index (κ1) is 23.7. The second-order valence-corrected chi connectivity index (χ2v) is 8.49. The number of piperazine rings is 1. The van der Waals surface area contributed by atoms with Crippen molar-refractivity contribution in [2.24, 2.45) is 0 Å². The highest BCUT2D eigenvalue weighted by Gasteiger charge is 2.32. The van der Waals surface area contributed by atoms with Crippen LogP contribution in [0.15, 0.2) is 65.3 Å². The van der Waals surface area contributed by atoms with Gasteiger partial charge in [-0.3, -0.25) is 4.90 Å². The SMILES string of the molecule is COc1cc(C(c2nnnn2Cc2ccco2)N2CCN(c3ccccc3)CC2)cc(OC)c1OC. The minimum Gasteiger partial charge on any atom is -0.493 e. The monoisotopic (exact) mass is 490 g/mol. The average molecular weight is 491 g/mol. The third kappa shape index (κ3) is 4.72. The van der Waals surface area contributed by atoms with Crippen LogP contribution in [0.5, 0.6) is 17.2 Å². The lowest BCUT2D eigenvalue weighted by Crippen LogP contribution is -2.48. The molecule has 0 N–H and O–H groups in total. The number of hydrogen-bond donors (Lipinski definition) is 0. The van der Waals surface area contributed by atoms with Crippen LogP contribution in [0.2, 0.25) is 0 Å². The van der Waals surface area contributed by atoms with Crippen molar-refractivity contribution in [3.63, 3.8) is 0 Å². The Labute approximate surface area is 210 Å². The molecule has 2 aromatic heterocycles. The normalized spacial score (nSPS) is 15.0. The number of ether oxygens (including phenoxy) is 3. The molecule has 3 heterocycles. The Kier molecular flexibility index (Phi) is 7.03. The maximum absolute atomic E-state index is 5.66. The van der Waals surface area contributed by atoms with E-state index in [9.17, 15) is 0 Å². The summed E-state index contributed by atoms with van der Waals surface area (Å²) in [5.41, 5.74) is 2.18. The van der Waals surface area contributed by atoms with Crippen LogP contribution >= 0.6 is 0 Å². The number of anilines is 1. The summed E-state index contributed by atoms with van der Waals surface area (Å²) in [4.78, 5) is 4.79. The van der Waals surface area contributed by atoms with Crippen LogP contribution in [0, 0.1) is 0 Å². The van der Waals surface area contributed by atoms with Crippen LogP contribution in [0.3, 0.4) is 0 Å². The van der Waals surface area contributed by atoms with E-state index in [1.807, 2.05) is 30.3 Å². The molecule has 1 aliphatic rings. The predicted molar refractivity (Wildman–Crippen MR) is 134 cm³/mol. The Balaban J connectivity index is 1.52. The summed E-state index contributed by atoms with van der Waals surface area (Å²) in [5.74, 6) is 3.22. The van der Waals surface area contributed by atoms with E-state index in [4.69, 9.17) is 18.6 Å². The van der Waals surface area contributed by atoms with Crippen LogP contribution in [-0.4, -0.2) is 72.6 Å². The Hall–Kier alpha value is -4.05. The molecule has 0 amide bonds. The van der Waals surface area contributed by atoms with Crippen LogP contribution in [-0.2, 0) is 6.54 Å². The first-order chi connectivity index (χ1) is 17.7. The van der Waals surface area contributed by atoms with Crippen molar-refractivity contribution in [3.8, 4) is 17.2 Å². The van der Waals surface area contributed by atoms with Gasteiger partial charge in [0, 0.05) is 31.9 Å². The van der Waals surface area contributed by atoms with Crippen LogP contribution in [0.1, 0.15) is 23.2 Å². The molecular weight excluding hydrogens is 460 g/mol. The van der Waals surface area contributed by atoms with Crippen molar-refractivity contribution in [3.05, 3.63) is 78.0 Å². The van der Waals surface area contributed by atoms with Crippen LogP contribution in [0.25, 0.3) is 0 Å². The van der Waals surface area contributed by atoms with Crippen LogP contribution < -0.4 is 19.1 Å². The molecule has 0 radical (unpaired) electrons. The van der Waals surface area contributed by atoms with E-state index in [0.29, 0.717) is 29.6 Å². The van der Waals surface area contributed by atoms with Gasteiger partial charge in [0.25, 0.3) is 0 Å². The van der Waals surface area contributed by atoms with E-state index in [1.165, 1.54) is 5.69 Å². The minimum atomic E-state index is -0.235. The summed E-state index contributed by atoms with van der Waals surface area (Å²) in [7, 11) is 4.84. The van der Waals surface area contributed by atoms with Crippen molar-refractivity contribution in [2.75, 3.05) is 52.4 Å². The number of benzene rings is 2. The molecule has 1 atom stereocenters. The van der Waals surface area contributed by atoms with E-state index in [2.05, 4.69) is 49.6 Å². The molecule has 1 saturated heterocycles. The molecule has 10 heteroatoms. The third-order valence-corrected chi connectivity index (χ3v) is 6.49. The minimum absolute atomic E-state index is 0.235. The smallest absolute Gasteiger partial charge is 0.203 e. The number of hydrogen-bond acceptors (Lipinski definition) is 9. The molecule has 1 aliphatic heterocycles. The zero-order valence-corrected chi connectivity index (χ0v) is 20.7. The molecule has 36 heavy (non-hydrogen) atoms. The number of rotatable bonds is 9. The van der Waals surface area contributed by atoms with Gasteiger partial charge >= 0.3 is 0 Å². The number of furan rings is 1. The molecule has 0 bridgehead atoms. The van der Waals surface area contributed by atoms with E-state index in [1.54, 1.807) is 32.3 Å². The lowest BCUT2D eigenvalue weighted by Gasteiger charge is -2.40. The highest BCUT2D eigenvalue weighted by Crippen LogP contribution is 2.42. The summed E-state index contributed by atoms with van der Waals surface area (Å²) in [6.07, 6.45) is 1.65. The third-order valence-electron chi connectivity index (χ3n) is 6.49. The molecule has 0 aliphatic carbocycles. The fourth-order valence-electron chi connectivity index (χ4n) is 4.73. The number of methoxy groups -OCH3 is 3. The molecule has 2 aromatic carbocycles. The topological polar surface area (TPSA) is 90.9 Å². The molecular formula is C26H30N6O4. The van der Waals surface area contributed by atoms with Gasteiger partial charge < -0.3 is 23.5 Å². The van der Waals surface area contributed by atoms with E-state index in [-0.39, 0.29) is 6.04 Å². The van der Waals surface area contributed by atoms with Crippen molar-refractivity contribution in [2.45, 2.75) is 12.6 Å². The molecule has 4 aromatic rings. The van der Waals surface area contributed by atoms with Gasteiger partial charge in [-0.1, -0.05) is 18.2 Å². The van der Waals surface area contributed by atoms with Gasteiger partial charge in [0.1, 0.15) is 12.3 Å². The van der Waals surface area contributed by atoms with E-state index < -0.39 is 0 Å². The quantitative estimate of drug-likeness (QED) is 0.351. The second kappa shape index (κ2) is 10.7. The Morgan fingerprint density at radius 2 is 1.61 bits per heavy atom. The summed E-state index contributed by atoms with van der Waals surface area (Å²) in [6.45, 7) is 3.84. The molecule has 1 fully saturated rings. The Morgan fingerprint density at radius 3 is 2.22 bits per heavy atom. The second-order valence-electron chi connectivity index (χ2n) is 8.49. The van der Waals surface area contributed by atoms with Gasteiger partial charge in [0.05, 0.1) is 33.6 Å². The maximum atomic E-state index is 5.66. The van der Waals surface area contributed by atoms with E-state index in [0.717, 1.165) is 37.5 Å². The molecule has 10 nitrogen and oxygen atoms in total. The van der Waals surface area contributed by atoms with Crippen LogP contribution in [0.4, 0.5) is 5.69 Å². The van der Waals surface area contributed by atoms with Crippen molar-refractivity contribution in [1.82, 2.24) is 25.1 Å². The Bertz CT molecular complexity index is 1230. The fraction of sp³-hybridized carbons (Fsp3) is 0.346. The van der Waals surface area contributed by atoms with Crippen molar-refractivity contribution < 1.29 is 18.6 Å². The highest BCUT2D eigenvalue weighted by molar-refractivity contribution is 5.55. The fourth-order valence-corrected chi connectivity index (χ4v) is 4.73. The molecule has 5 rings (SSSR count). The predicted octanol–water partition coefficient (Wildman–Crippen LogP) is 3.25. The number of aromatic nitrogens is 4. The largest absolute Gasteiger partial charge is 0.493 e. The number of para-hydroxylation sites is 1. The summed E-state index contributed by atoms with van der Waals surface area (Å²) < 4.78 is 24.2. The molecule has 1 unspecified atom stereocenters. The van der Waals surface area contributed by atoms with Gasteiger partial charge in [0.15, 0.2) is 17.3 Å². The van der Waals surface area contributed by atoms with Crippen molar-refractivity contribution in [1.29, 1.82) is 0 Å². The summed E-state index contributed by atoms with van der Waals surface area (Å²) in [6, 6.07) is 18.0. The molecule has 0 spiro atoms. The summed E-state index contributed by atoms with van der Waals surface area (Å²) >= 11 is 0. The molecule has 0 saturated carbocycles. The lowest BCUT2D eigenvalue weighted by molar-refractivity contribution is 0.200. The van der Waals surface area contributed by atoms with E-state index >= 15 is 0 Å². The van der Waals surface area contributed by atoms with Gasteiger partial charge in [-0.15, -0.1) is 5.10 Å². The Morgan fingerprint density at radius 1 is 0.889 bits per heavy atom. The number of tetrazole rings is 1. The average Bonchev–Trinajstić information content (AvgIpc) is 3.62. The number of nitrogens with zero attached hydrogens (tertiary/aromatic N) is 6. The standard InChI is InChI=1S/C26H30N6O4/c1-33-22-16-19(17-23(34-2)25(22)35-3)24(26-27-28-29-32(26)18-21-10-7-15-36-21)31-13-11-30(12-14-31)20-8-5-4-6-9-20/h4-10,15-17,24H,11-14,18H2,1-3H3. The van der Waals surface area contributed by atoms with Gasteiger partial charge in [0.2, 0.25) is 5.75 Å².